The fourth-order valence-corrected chi connectivity index (χ4v) is 3.60. The Labute approximate surface area is 140 Å². The standard InChI is InChI=1S/C21H27N2/c1-14-17-10-8-15(22(4)5)12-19(17)21(2,3)20-13-16(23(6)7)9-11-18(14)20/h8-13H,1-7H3/q+1. The summed E-state index contributed by atoms with van der Waals surface area (Å²) in [7, 11) is 8.41. The molecule has 0 saturated carbocycles. The second-order valence-electron chi connectivity index (χ2n) is 7.50. The Balaban J connectivity index is 2.30. The van der Waals surface area contributed by atoms with Crippen LogP contribution in [0.25, 0.3) is 5.57 Å². The topological polar surface area (TPSA) is 6.25 Å². The van der Waals surface area contributed by atoms with E-state index in [0.29, 0.717) is 0 Å². The lowest BCUT2D eigenvalue weighted by Gasteiger charge is -2.38. The van der Waals surface area contributed by atoms with E-state index in [-0.39, 0.29) is 5.41 Å². The van der Waals surface area contributed by atoms with Crippen LogP contribution >= 0.6 is 0 Å². The summed E-state index contributed by atoms with van der Waals surface area (Å²) in [5.41, 5.74) is 9.51. The maximum atomic E-state index is 2.35. The molecule has 0 aromatic heterocycles. The molecular formula is C21H27N2+. The normalized spacial score (nSPS) is 18.4. The minimum Gasteiger partial charge on any atom is -0.378 e. The molecule has 2 nitrogen and oxygen atoms in total. The molecule has 1 aromatic rings. The Morgan fingerprint density at radius 1 is 1.04 bits per heavy atom. The predicted molar refractivity (Wildman–Crippen MR) is 101 cm³/mol. The first-order valence-electron chi connectivity index (χ1n) is 8.21. The first-order chi connectivity index (χ1) is 10.7. The van der Waals surface area contributed by atoms with Crippen LogP contribution in [0.2, 0.25) is 0 Å². The van der Waals surface area contributed by atoms with Gasteiger partial charge in [-0.15, -0.1) is 0 Å². The van der Waals surface area contributed by atoms with Gasteiger partial charge in [0.05, 0.1) is 0 Å². The lowest BCUT2D eigenvalue weighted by atomic mass is 9.65. The summed E-state index contributed by atoms with van der Waals surface area (Å²) < 4.78 is 2.18. The van der Waals surface area contributed by atoms with Gasteiger partial charge in [0.25, 0.3) is 0 Å². The van der Waals surface area contributed by atoms with E-state index in [9.17, 15) is 0 Å². The van der Waals surface area contributed by atoms with Crippen LogP contribution in [-0.2, 0) is 5.41 Å². The summed E-state index contributed by atoms with van der Waals surface area (Å²) in [6, 6.07) is 6.85. The lowest BCUT2D eigenvalue weighted by molar-refractivity contribution is -0.462. The average Bonchev–Trinajstić information content (AvgIpc) is 2.51. The molecule has 0 radical (unpaired) electrons. The molecular weight excluding hydrogens is 280 g/mol. The van der Waals surface area contributed by atoms with E-state index < -0.39 is 0 Å². The fourth-order valence-electron chi connectivity index (χ4n) is 3.60. The van der Waals surface area contributed by atoms with Gasteiger partial charge in [-0.05, 0) is 53.0 Å². The van der Waals surface area contributed by atoms with Gasteiger partial charge >= 0.3 is 0 Å². The second-order valence-corrected chi connectivity index (χ2v) is 7.50. The molecule has 0 aliphatic heterocycles. The maximum absolute atomic E-state index is 2.35. The van der Waals surface area contributed by atoms with E-state index in [2.05, 4.69) is 94.9 Å². The van der Waals surface area contributed by atoms with Gasteiger partial charge in [-0.1, -0.05) is 19.9 Å². The Hall–Kier alpha value is -2.09. The van der Waals surface area contributed by atoms with Crippen LogP contribution < -0.4 is 4.90 Å². The van der Waals surface area contributed by atoms with Crippen molar-refractivity contribution in [3.05, 3.63) is 58.7 Å². The number of hydrogen-bond donors (Lipinski definition) is 0. The quantitative estimate of drug-likeness (QED) is 0.710. The highest BCUT2D eigenvalue weighted by Crippen LogP contribution is 2.48. The van der Waals surface area contributed by atoms with E-state index in [4.69, 9.17) is 0 Å². The molecule has 0 bridgehead atoms. The minimum absolute atomic E-state index is 0.00220. The highest BCUT2D eigenvalue weighted by Gasteiger charge is 2.37. The monoisotopic (exact) mass is 307 g/mol. The third-order valence-corrected chi connectivity index (χ3v) is 5.19. The third kappa shape index (κ3) is 2.37. The minimum atomic E-state index is 0.00220. The van der Waals surface area contributed by atoms with Gasteiger partial charge < -0.3 is 4.90 Å². The molecule has 3 rings (SSSR count). The van der Waals surface area contributed by atoms with Gasteiger partial charge in [-0.2, -0.15) is 0 Å². The van der Waals surface area contributed by atoms with Gasteiger partial charge in [0, 0.05) is 37.3 Å². The Bertz CT molecular complexity index is 795. The van der Waals surface area contributed by atoms with Crippen LogP contribution in [0.15, 0.2) is 47.6 Å². The van der Waals surface area contributed by atoms with Crippen LogP contribution in [0.4, 0.5) is 5.69 Å². The smallest absolute Gasteiger partial charge is 0.199 e. The summed E-state index contributed by atoms with van der Waals surface area (Å²) in [4.78, 5) is 2.18. The molecule has 0 atom stereocenters. The largest absolute Gasteiger partial charge is 0.378 e. The van der Waals surface area contributed by atoms with E-state index in [1.807, 2.05) is 0 Å². The van der Waals surface area contributed by atoms with Crippen molar-refractivity contribution in [2.24, 2.45) is 0 Å². The molecule has 0 unspecified atom stereocenters. The van der Waals surface area contributed by atoms with Crippen molar-refractivity contribution in [2.75, 3.05) is 33.1 Å². The lowest BCUT2D eigenvalue weighted by Crippen LogP contribution is -2.30. The SMILES string of the molecule is CC1=C2C=CC(=[N+](C)C)C=C2C(C)(C)c2cc(N(C)C)ccc21. The summed E-state index contributed by atoms with van der Waals surface area (Å²) in [5, 5.41) is 0. The summed E-state index contributed by atoms with van der Waals surface area (Å²) in [6.45, 7) is 6.93. The number of anilines is 1. The fraction of sp³-hybridized carbons (Fsp3) is 0.381. The molecule has 0 spiro atoms. The van der Waals surface area contributed by atoms with Crippen LogP contribution in [-0.4, -0.2) is 38.5 Å². The van der Waals surface area contributed by atoms with Crippen molar-refractivity contribution in [1.29, 1.82) is 0 Å². The Kier molecular flexibility index (Phi) is 3.59. The summed E-state index contributed by atoms with van der Waals surface area (Å²) >= 11 is 0. The number of nitrogens with zero attached hydrogens (tertiary/aromatic N) is 2. The summed E-state index contributed by atoms with van der Waals surface area (Å²) in [5.74, 6) is 0. The van der Waals surface area contributed by atoms with Crippen LogP contribution in [0.1, 0.15) is 31.9 Å². The molecule has 2 aliphatic carbocycles. The molecule has 0 N–H and O–H groups in total. The van der Waals surface area contributed by atoms with E-state index in [0.717, 1.165) is 0 Å². The summed E-state index contributed by atoms with van der Waals surface area (Å²) in [6.07, 6.45) is 6.85. The number of benzene rings is 1. The van der Waals surface area contributed by atoms with E-state index in [1.54, 1.807) is 0 Å². The number of fused-ring (bicyclic) bond motifs is 2. The van der Waals surface area contributed by atoms with Crippen molar-refractivity contribution in [3.8, 4) is 0 Å². The third-order valence-electron chi connectivity index (χ3n) is 5.19. The van der Waals surface area contributed by atoms with Gasteiger partial charge in [0.2, 0.25) is 0 Å². The molecule has 0 saturated heterocycles. The van der Waals surface area contributed by atoms with Crippen molar-refractivity contribution in [1.82, 2.24) is 0 Å². The van der Waals surface area contributed by atoms with Crippen LogP contribution in [0.5, 0.6) is 0 Å². The zero-order chi connectivity index (χ0) is 16.9. The molecule has 0 fully saturated rings. The Morgan fingerprint density at radius 3 is 2.35 bits per heavy atom. The van der Waals surface area contributed by atoms with Gasteiger partial charge in [-0.3, -0.25) is 0 Å². The number of hydrogen-bond acceptors (Lipinski definition) is 1. The highest BCUT2D eigenvalue weighted by atomic mass is 15.1. The van der Waals surface area contributed by atoms with Gasteiger partial charge in [0.15, 0.2) is 5.71 Å². The maximum Gasteiger partial charge on any atom is 0.199 e. The van der Waals surface area contributed by atoms with E-state index in [1.165, 1.54) is 39.2 Å². The highest BCUT2D eigenvalue weighted by molar-refractivity contribution is 6.05. The molecule has 120 valence electrons. The Morgan fingerprint density at radius 2 is 1.74 bits per heavy atom. The van der Waals surface area contributed by atoms with Crippen molar-refractivity contribution < 1.29 is 4.58 Å². The first-order valence-corrected chi connectivity index (χ1v) is 8.21. The molecule has 0 amide bonds. The average molecular weight is 307 g/mol. The molecule has 2 aliphatic rings. The number of rotatable bonds is 1. The van der Waals surface area contributed by atoms with Crippen molar-refractivity contribution in [2.45, 2.75) is 26.2 Å². The molecule has 2 heteroatoms. The van der Waals surface area contributed by atoms with Crippen molar-refractivity contribution >= 4 is 17.0 Å². The van der Waals surface area contributed by atoms with Gasteiger partial charge in [0.1, 0.15) is 14.1 Å². The molecule has 23 heavy (non-hydrogen) atoms. The number of allylic oxidation sites excluding steroid dienone is 6. The predicted octanol–water partition coefficient (Wildman–Crippen LogP) is 4.03. The zero-order valence-corrected chi connectivity index (χ0v) is 15.4. The molecule has 1 aromatic carbocycles. The van der Waals surface area contributed by atoms with Crippen LogP contribution in [0.3, 0.4) is 0 Å². The van der Waals surface area contributed by atoms with Gasteiger partial charge in [-0.25, -0.2) is 4.58 Å². The second kappa shape index (κ2) is 5.23. The first kappa shape index (κ1) is 15.8. The zero-order valence-electron chi connectivity index (χ0n) is 15.4. The van der Waals surface area contributed by atoms with Crippen molar-refractivity contribution in [3.63, 3.8) is 0 Å². The molecule has 0 heterocycles. The van der Waals surface area contributed by atoms with Crippen LogP contribution in [0, 0.1) is 0 Å². The van der Waals surface area contributed by atoms with E-state index >= 15 is 0 Å².